The molecule has 1 aliphatic heterocycles. The van der Waals surface area contributed by atoms with Crippen LogP contribution in [0.3, 0.4) is 0 Å². The van der Waals surface area contributed by atoms with Gasteiger partial charge in [0, 0.05) is 19.6 Å². The van der Waals surface area contributed by atoms with Crippen LogP contribution in [0.2, 0.25) is 0 Å². The van der Waals surface area contributed by atoms with Gasteiger partial charge in [-0.3, -0.25) is 4.79 Å². The standard InChI is InChI=1S/C18H27N3O3/c1-3-21(18(23)24-13-15-8-5-4-6-9-15)16-10-7-11-20(12-16)17(22)14(2)19/h4-6,8-9,14,16H,3,7,10-13,19H2,1-2H3/t14-,16?/m0/s1. The van der Waals surface area contributed by atoms with Crippen molar-refractivity contribution in [2.24, 2.45) is 5.73 Å². The summed E-state index contributed by atoms with van der Waals surface area (Å²) in [4.78, 5) is 28.0. The van der Waals surface area contributed by atoms with Crippen molar-refractivity contribution in [1.82, 2.24) is 9.80 Å². The second-order valence-electron chi connectivity index (χ2n) is 6.20. The molecule has 2 rings (SSSR count). The van der Waals surface area contributed by atoms with Crippen molar-refractivity contribution >= 4 is 12.0 Å². The molecule has 1 aromatic rings. The second kappa shape index (κ2) is 8.68. The molecule has 0 bridgehead atoms. The highest BCUT2D eigenvalue weighted by atomic mass is 16.6. The molecular weight excluding hydrogens is 306 g/mol. The van der Waals surface area contributed by atoms with Gasteiger partial charge in [0.05, 0.1) is 12.1 Å². The molecule has 1 aliphatic rings. The Morgan fingerprint density at radius 3 is 2.71 bits per heavy atom. The highest BCUT2D eigenvalue weighted by molar-refractivity contribution is 5.81. The molecule has 1 saturated heterocycles. The van der Waals surface area contributed by atoms with Gasteiger partial charge in [-0.2, -0.15) is 0 Å². The predicted molar refractivity (Wildman–Crippen MR) is 92.3 cm³/mol. The van der Waals surface area contributed by atoms with Crippen molar-refractivity contribution in [2.75, 3.05) is 19.6 Å². The Morgan fingerprint density at radius 2 is 2.08 bits per heavy atom. The van der Waals surface area contributed by atoms with E-state index in [1.807, 2.05) is 37.3 Å². The minimum Gasteiger partial charge on any atom is -0.445 e. The van der Waals surface area contributed by atoms with Gasteiger partial charge in [0.2, 0.25) is 5.91 Å². The summed E-state index contributed by atoms with van der Waals surface area (Å²) in [5.74, 6) is -0.0617. The van der Waals surface area contributed by atoms with Crippen LogP contribution < -0.4 is 5.73 Å². The summed E-state index contributed by atoms with van der Waals surface area (Å²) in [6.45, 7) is 5.65. The molecule has 0 aromatic heterocycles. The van der Waals surface area contributed by atoms with Gasteiger partial charge < -0.3 is 20.3 Å². The number of benzene rings is 1. The van der Waals surface area contributed by atoms with E-state index in [1.54, 1.807) is 16.7 Å². The van der Waals surface area contributed by atoms with Gasteiger partial charge in [0.25, 0.3) is 0 Å². The van der Waals surface area contributed by atoms with Gasteiger partial charge in [-0.05, 0) is 32.3 Å². The smallest absolute Gasteiger partial charge is 0.410 e. The van der Waals surface area contributed by atoms with E-state index >= 15 is 0 Å². The number of carbonyl (C=O) groups is 2. The Morgan fingerprint density at radius 1 is 1.38 bits per heavy atom. The summed E-state index contributed by atoms with van der Waals surface area (Å²) in [5, 5.41) is 0. The predicted octanol–water partition coefficient (Wildman–Crippen LogP) is 1.98. The van der Waals surface area contributed by atoms with E-state index in [0.717, 1.165) is 18.4 Å². The average Bonchev–Trinajstić information content (AvgIpc) is 2.61. The van der Waals surface area contributed by atoms with Crippen molar-refractivity contribution in [3.05, 3.63) is 35.9 Å². The number of likely N-dealkylation sites (N-methyl/N-ethyl adjacent to an activating group) is 1. The van der Waals surface area contributed by atoms with Crippen LogP contribution in [-0.4, -0.2) is 53.5 Å². The summed E-state index contributed by atoms with van der Waals surface area (Å²) in [7, 11) is 0. The van der Waals surface area contributed by atoms with E-state index in [2.05, 4.69) is 0 Å². The number of carbonyl (C=O) groups excluding carboxylic acids is 2. The van der Waals surface area contributed by atoms with E-state index in [1.165, 1.54) is 0 Å². The third kappa shape index (κ3) is 4.71. The van der Waals surface area contributed by atoms with Gasteiger partial charge in [0.15, 0.2) is 0 Å². The topological polar surface area (TPSA) is 75.9 Å². The van der Waals surface area contributed by atoms with E-state index < -0.39 is 6.04 Å². The number of nitrogens with zero attached hydrogens (tertiary/aromatic N) is 2. The van der Waals surface area contributed by atoms with Crippen molar-refractivity contribution < 1.29 is 14.3 Å². The Hall–Kier alpha value is -2.08. The van der Waals surface area contributed by atoms with Crippen LogP contribution in [0.4, 0.5) is 4.79 Å². The summed E-state index contributed by atoms with van der Waals surface area (Å²) in [6, 6.07) is 9.08. The van der Waals surface area contributed by atoms with Crippen LogP contribution in [0.25, 0.3) is 0 Å². The van der Waals surface area contributed by atoms with Crippen LogP contribution in [0, 0.1) is 0 Å². The van der Waals surface area contributed by atoms with Crippen molar-refractivity contribution in [2.45, 2.75) is 45.4 Å². The molecule has 2 N–H and O–H groups in total. The molecule has 1 unspecified atom stereocenters. The third-order valence-corrected chi connectivity index (χ3v) is 4.32. The number of amides is 2. The first kappa shape index (κ1) is 18.3. The molecule has 2 amide bonds. The van der Waals surface area contributed by atoms with Gasteiger partial charge in [-0.1, -0.05) is 30.3 Å². The summed E-state index contributed by atoms with van der Waals surface area (Å²) in [6.07, 6.45) is 1.41. The van der Waals surface area contributed by atoms with E-state index in [4.69, 9.17) is 10.5 Å². The Balaban J connectivity index is 1.94. The highest BCUT2D eigenvalue weighted by Gasteiger charge is 2.31. The number of nitrogens with two attached hydrogens (primary N) is 1. The molecule has 1 fully saturated rings. The fourth-order valence-corrected chi connectivity index (χ4v) is 3.04. The van der Waals surface area contributed by atoms with Crippen LogP contribution >= 0.6 is 0 Å². The summed E-state index contributed by atoms with van der Waals surface area (Å²) in [5.41, 5.74) is 6.65. The fraction of sp³-hybridized carbons (Fsp3) is 0.556. The lowest BCUT2D eigenvalue weighted by atomic mass is 10.0. The third-order valence-electron chi connectivity index (χ3n) is 4.32. The van der Waals surface area contributed by atoms with Crippen LogP contribution in [-0.2, 0) is 16.1 Å². The minimum absolute atomic E-state index is 0.0188. The monoisotopic (exact) mass is 333 g/mol. The normalized spacial score (nSPS) is 18.8. The molecule has 0 radical (unpaired) electrons. The van der Waals surface area contributed by atoms with Gasteiger partial charge in [0.1, 0.15) is 6.61 Å². The number of ether oxygens (including phenoxy) is 1. The van der Waals surface area contributed by atoms with E-state index in [-0.39, 0.29) is 24.6 Å². The molecule has 132 valence electrons. The molecule has 6 heteroatoms. The molecule has 0 saturated carbocycles. The maximum atomic E-state index is 12.4. The SMILES string of the molecule is CCN(C(=O)OCc1ccccc1)C1CCCN(C(=O)[C@H](C)N)C1. The minimum atomic E-state index is -0.510. The fourth-order valence-electron chi connectivity index (χ4n) is 3.04. The Labute approximate surface area is 143 Å². The lowest BCUT2D eigenvalue weighted by molar-refractivity contribution is -0.134. The maximum Gasteiger partial charge on any atom is 0.410 e. The first-order valence-electron chi connectivity index (χ1n) is 8.54. The lowest BCUT2D eigenvalue weighted by Crippen LogP contribution is -2.54. The van der Waals surface area contributed by atoms with Crippen molar-refractivity contribution in [1.29, 1.82) is 0 Å². The van der Waals surface area contributed by atoms with Gasteiger partial charge >= 0.3 is 6.09 Å². The zero-order valence-electron chi connectivity index (χ0n) is 14.5. The molecule has 6 nitrogen and oxygen atoms in total. The van der Waals surface area contributed by atoms with Crippen molar-refractivity contribution in [3.63, 3.8) is 0 Å². The van der Waals surface area contributed by atoms with E-state index in [0.29, 0.717) is 19.6 Å². The zero-order chi connectivity index (χ0) is 17.5. The molecule has 2 atom stereocenters. The second-order valence-corrected chi connectivity index (χ2v) is 6.20. The van der Waals surface area contributed by atoms with Crippen LogP contribution in [0.15, 0.2) is 30.3 Å². The van der Waals surface area contributed by atoms with Gasteiger partial charge in [-0.25, -0.2) is 4.79 Å². The van der Waals surface area contributed by atoms with Crippen LogP contribution in [0.5, 0.6) is 0 Å². The lowest BCUT2D eigenvalue weighted by Gasteiger charge is -2.39. The quantitative estimate of drug-likeness (QED) is 0.894. The number of likely N-dealkylation sites (tertiary alicyclic amines) is 1. The number of hydrogen-bond donors (Lipinski definition) is 1. The maximum absolute atomic E-state index is 12.4. The van der Waals surface area contributed by atoms with Crippen LogP contribution in [0.1, 0.15) is 32.3 Å². The molecule has 1 aromatic carbocycles. The Kier molecular flexibility index (Phi) is 6.61. The molecule has 1 heterocycles. The van der Waals surface area contributed by atoms with Gasteiger partial charge in [-0.15, -0.1) is 0 Å². The molecule has 0 spiro atoms. The number of piperidine rings is 1. The zero-order valence-corrected chi connectivity index (χ0v) is 14.5. The average molecular weight is 333 g/mol. The first-order valence-corrected chi connectivity index (χ1v) is 8.54. The summed E-state index contributed by atoms with van der Waals surface area (Å²) >= 11 is 0. The first-order chi connectivity index (χ1) is 11.5. The Bertz CT molecular complexity index is 548. The van der Waals surface area contributed by atoms with Crippen molar-refractivity contribution in [3.8, 4) is 0 Å². The van der Waals surface area contributed by atoms with E-state index in [9.17, 15) is 9.59 Å². The molecule has 24 heavy (non-hydrogen) atoms. The molecule has 0 aliphatic carbocycles. The molecular formula is C18H27N3O3. The number of rotatable bonds is 5. The highest BCUT2D eigenvalue weighted by Crippen LogP contribution is 2.18. The summed E-state index contributed by atoms with van der Waals surface area (Å²) < 4.78 is 5.44. The largest absolute Gasteiger partial charge is 0.445 e. The number of hydrogen-bond acceptors (Lipinski definition) is 4.